The van der Waals surface area contributed by atoms with Crippen LogP contribution in [0.4, 0.5) is 5.69 Å². The Morgan fingerprint density at radius 2 is 2.19 bits per heavy atom. The van der Waals surface area contributed by atoms with Crippen molar-refractivity contribution in [3.05, 3.63) is 28.1 Å². The maximum atomic E-state index is 12.8. The van der Waals surface area contributed by atoms with E-state index in [1.807, 2.05) is 23.1 Å². The monoisotopic (exact) mass is 322 g/mol. The molecule has 0 radical (unpaired) electrons. The summed E-state index contributed by atoms with van der Waals surface area (Å²) in [5.74, 6) is 0.764. The maximum absolute atomic E-state index is 12.8. The second kappa shape index (κ2) is 5.85. The van der Waals surface area contributed by atoms with Crippen LogP contribution in [0.2, 0.25) is 5.02 Å². The molecule has 1 aromatic heterocycles. The fraction of sp³-hybridized carbons (Fsp3) is 0.438. The number of carbonyl (C=O) groups excluding carboxylic acids is 1. The van der Waals surface area contributed by atoms with Gasteiger partial charge in [-0.1, -0.05) is 18.5 Å². The Morgan fingerprint density at radius 1 is 1.38 bits per heavy atom. The molecule has 3 rings (SSSR count). The van der Waals surface area contributed by atoms with E-state index in [0.717, 1.165) is 36.0 Å². The van der Waals surface area contributed by atoms with Crippen molar-refractivity contribution in [2.45, 2.75) is 26.2 Å². The molecule has 0 saturated carbocycles. The van der Waals surface area contributed by atoms with E-state index in [1.54, 1.807) is 0 Å². The highest BCUT2D eigenvalue weighted by atomic mass is 35.5. The molecule has 5 heteroatoms. The van der Waals surface area contributed by atoms with E-state index in [-0.39, 0.29) is 5.91 Å². The second-order valence-electron chi connectivity index (χ2n) is 5.81. The van der Waals surface area contributed by atoms with Crippen LogP contribution in [-0.4, -0.2) is 23.9 Å². The number of thiophene rings is 1. The largest absolute Gasteiger partial charge is 0.397 e. The Labute approximate surface area is 133 Å². The van der Waals surface area contributed by atoms with Gasteiger partial charge in [0.05, 0.1) is 5.69 Å². The first kappa shape index (κ1) is 14.7. The summed E-state index contributed by atoms with van der Waals surface area (Å²) in [6.45, 7) is 3.91. The molecule has 0 spiro atoms. The average Bonchev–Trinajstić information content (AvgIpc) is 2.63. The Kier molecular flexibility index (Phi) is 4.09. The molecule has 2 aromatic rings. The lowest BCUT2D eigenvalue weighted by molar-refractivity contribution is 0.0766. The lowest BCUT2D eigenvalue weighted by Gasteiger charge is -2.19. The molecule has 3 nitrogen and oxygen atoms in total. The maximum Gasteiger partial charge on any atom is 0.266 e. The summed E-state index contributed by atoms with van der Waals surface area (Å²) >= 11 is 7.46. The first-order chi connectivity index (χ1) is 10.1. The van der Waals surface area contributed by atoms with Crippen LogP contribution in [0.15, 0.2) is 18.2 Å². The molecular weight excluding hydrogens is 304 g/mol. The molecule has 1 saturated heterocycles. The van der Waals surface area contributed by atoms with Gasteiger partial charge in [0.2, 0.25) is 0 Å². The van der Waals surface area contributed by atoms with Gasteiger partial charge in [0.25, 0.3) is 5.91 Å². The van der Waals surface area contributed by atoms with Gasteiger partial charge in [-0.2, -0.15) is 0 Å². The fourth-order valence-corrected chi connectivity index (χ4v) is 4.23. The van der Waals surface area contributed by atoms with Crippen LogP contribution in [0.5, 0.6) is 0 Å². The van der Waals surface area contributed by atoms with Gasteiger partial charge in [0.1, 0.15) is 4.88 Å². The van der Waals surface area contributed by atoms with Crippen molar-refractivity contribution in [3.8, 4) is 0 Å². The number of nitrogens with zero attached hydrogens (tertiary/aromatic N) is 1. The summed E-state index contributed by atoms with van der Waals surface area (Å²) in [5.41, 5.74) is 6.77. The molecule has 1 aromatic carbocycles. The Hall–Kier alpha value is -1.26. The zero-order valence-corrected chi connectivity index (χ0v) is 13.6. The molecule has 1 fully saturated rings. The van der Waals surface area contributed by atoms with Gasteiger partial charge in [-0.05, 0) is 43.4 Å². The van der Waals surface area contributed by atoms with Gasteiger partial charge in [0, 0.05) is 28.2 Å². The number of rotatable bonds is 1. The van der Waals surface area contributed by atoms with Crippen LogP contribution < -0.4 is 5.73 Å². The number of nitrogens with two attached hydrogens (primary N) is 1. The SMILES string of the molecule is CC1CCCN(C(=O)c2sc3cc(Cl)ccc3c2N)CC1. The van der Waals surface area contributed by atoms with Crippen molar-refractivity contribution in [2.75, 3.05) is 18.8 Å². The summed E-state index contributed by atoms with van der Waals surface area (Å²) in [7, 11) is 0. The van der Waals surface area contributed by atoms with E-state index in [1.165, 1.54) is 17.8 Å². The van der Waals surface area contributed by atoms with Crippen molar-refractivity contribution in [2.24, 2.45) is 5.92 Å². The minimum absolute atomic E-state index is 0.0684. The number of fused-ring (bicyclic) bond motifs is 1. The van der Waals surface area contributed by atoms with E-state index in [4.69, 9.17) is 17.3 Å². The number of halogens is 1. The Bertz CT molecular complexity index is 682. The predicted molar refractivity (Wildman–Crippen MR) is 90.2 cm³/mol. The Balaban J connectivity index is 1.92. The highest BCUT2D eigenvalue weighted by molar-refractivity contribution is 7.21. The minimum Gasteiger partial charge on any atom is -0.397 e. The van der Waals surface area contributed by atoms with Crippen LogP contribution >= 0.6 is 22.9 Å². The molecule has 1 amide bonds. The third-order valence-electron chi connectivity index (χ3n) is 4.19. The molecule has 2 N–H and O–H groups in total. The smallest absolute Gasteiger partial charge is 0.266 e. The number of anilines is 1. The number of hydrogen-bond acceptors (Lipinski definition) is 3. The molecule has 1 aliphatic rings. The zero-order chi connectivity index (χ0) is 15.0. The molecule has 0 bridgehead atoms. The average molecular weight is 323 g/mol. The van der Waals surface area contributed by atoms with Gasteiger partial charge in [-0.25, -0.2) is 0 Å². The lowest BCUT2D eigenvalue weighted by Crippen LogP contribution is -2.31. The molecule has 0 aliphatic carbocycles. The van der Waals surface area contributed by atoms with Crippen LogP contribution in [0, 0.1) is 5.92 Å². The van der Waals surface area contributed by atoms with Gasteiger partial charge < -0.3 is 10.6 Å². The van der Waals surface area contributed by atoms with Gasteiger partial charge >= 0.3 is 0 Å². The number of hydrogen-bond donors (Lipinski definition) is 1. The van der Waals surface area contributed by atoms with Crippen LogP contribution in [0.3, 0.4) is 0 Å². The number of benzene rings is 1. The molecule has 21 heavy (non-hydrogen) atoms. The topological polar surface area (TPSA) is 46.3 Å². The molecule has 112 valence electrons. The van der Waals surface area contributed by atoms with Crippen molar-refractivity contribution < 1.29 is 4.79 Å². The summed E-state index contributed by atoms with van der Waals surface area (Å²) in [6, 6.07) is 5.58. The summed E-state index contributed by atoms with van der Waals surface area (Å²) in [4.78, 5) is 15.4. The second-order valence-corrected chi connectivity index (χ2v) is 7.30. The third-order valence-corrected chi connectivity index (χ3v) is 5.58. The predicted octanol–water partition coefficient (Wildman–Crippen LogP) is 4.40. The summed E-state index contributed by atoms with van der Waals surface area (Å²) in [6.07, 6.45) is 3.34. The van der Waals surface area contributed by atoms with Gasteiger partial charge in [-0.15, -0.1) is 11.3 Å². The first-order valence-electron chi connectivity index (χ1n) is 7.33. The van der Waals surface area contributed by atoms with E-state index in [9.17, 15) is 4.79 Å². The number of carbonyl (C=O) groups is 1. The zero-order valence-electron chi connectivity index (χ0n) is 12.1. The van der Waals surface area contributed by atoms with Crippen LogP contribution in [0.25, 0.3) is 10.1 Å². The van der Waals surface area contributed by atoms with Crippen molar-refractivity contribution >= 4 is 44.6 Å². The molecule has 1 aliphatic heterocycles. The summed E-state index contributed by atoms with van der Waals surface area (Å²) in [5, 5.41) is 1.60. The Morgan fingerprint density at radius 3 is 3.00 bits per heavy atom. The minimum atomic E-state index is 0.0684. The van der Waals surface area contributed by atoms with E-state index in [2.05, 4.69) is 6.92 Å². The number of likely N-dealkylation sites (tertiary alicyclic amines) is 1. The van der Waals surface area contributed by atoms with E-state index < -0.39 is 0 Å². The van der Waals surface area contributed by atoms with E-state index >= 15 is 0 Å². The quantitative estimate of drug-likeness (QED) is 0.845. The normalized spacial score (nSPS) is 19.7. The van der Waals surface area contributed by atoms with Crippen LogP contribution in [-0.2, 0) is 0 Å². The molecule has 1 atom stereocenters. The third kappa shape index (κ3) is 2.87. The molecule has 2 heterocycles. The highest BCUT2D eigenvalue weighted by Gasteiger charge is 2.24. The van der Waals surface area contributed by atoms with Gasteiger partial charge in [0.15, 0.2) is 0 Å². The van der Waals surface area contributed by atoms with Crippen LogP contribution in [0.1, 0.15) is 35.9 Å². The van der Waals surface area contributed by atoms with Gasteiger partial charge in [-0.3, -0.25) is 4.79 Å². The van der Waals surface area contributed by atoms with Crippen molar-refractivity contribution in [1.29, 1.82) is 0 Å². The van der Waals surface area contributed by atoms with Crippen molar-refractivity contribution in [3.63, 3.8) is 0 Å². The van der Waals surface area contributed by atoms with E-state index in [0.29, 0.717) is 21.5 Å². The standard InChI is InChI=1S/C16H19ClN2OS/c1-10-3-2-7-19(8-6-10)16(20)15-14(18)12-5-4-11(17)9-13(12)21-15/h4-5,9-10H,2-3,6-8,18H2,1H3. The number of nitrogen functional groups attached to an aromatic ring is 1. The lowest BCUT2D eigenvalue weighted by atomic mass is 10.0. The van der Waals surface area contributed by atoms with Crippen molar-refractivity contribution in [1.82, 2.24) is 4.90 Å². The molecular formula is C16H19ClN2OS. The fourth-order valence-electron chi connectivity index (χ4n) is 2.86. The number of amides is 1. The first-order valence-corrected chi connectivity index (χ1v) is 8.52. The summed E-state index contributed by atoms with van der Waals surface area (Å²) < 4.78 is 0.978. The highest BCUT2D eigenvalue weighted by Crippen LogP contribution is 2.36. The molecule has 1 unspecified atom stereocenters.